The first-order chi connectivity index (χ1) is 19.3. The van der Waals surface area contributed by atoms with Crippen LogP contribution in [0.4, 0.5) is 0 Å². The number of rotatable bonds is 8. The van der Waals surface area contributed by atoms with Gasteiger partial charge in [-0.15, -0.1) is 0 Å². The van der Waals surface area contributed by atoms with Crippen LogP contribution in [0.3, 0.4) is 0 Å². The number of ether oxygens (including phenoxy) is 2. The van der Waals surface area contributed by atoms with E-state index in [9.17, 15) is 9.59 Å². The average Bonchev–Trinajstić information content (AvgIpc) is 3.54. The Morgan fingerprint density at radius 1 is 1.12 bits per heavy atom. The molecular weight excluding hydrogens is 571 g/mol. The van der Waals surface area contributed by atoms with Crippen molar-refractivity contribution in [3.8, 4) is 17.1 Å². The molecule has 7 nitrogen and oxygen atoms in total. The van der Waals surface area contributed by atoms with Gasteiger partial charge in [0.2, 0.25) is 0 Å². The van der Waals surface area contributed by atoms with Crippen LogP contribution in [-0.2, 0) is 9.53 Å². The lowest BCUT2D eigenvalue weighted by atomic mass is 9.94. The molecular formula is C30H26Cl2N2O5S. The second-order valence-electron chi connectivity index (χ2n) is 9.02. The van der Waals surface area contributed by atoms with E-state index in [0.29, 0.717) is 54.3 Å². The molecule has 1 aliphatic rings. The van der Waals surface area contributed by atoms with Crippen LogP contribution in [0.5, 0.6) is 5.75 Å². The monoisotopic (exact) mass is 596 g/mol. The fraction of sp³-hybridized carbons (Fsp3) is 0.233. The largest absolute Gasteiger partial charge is 0.497 e. The number of benzene rings is 2. The van der Waals surface area contributed by atoms with E-state index in [1.165, 1.54) is 11.3 Å². The van der Waals surface area contributed by atoms with E-state index in [1.54, 1.807) is 48.9 Å². The van der Waals surface area contributed by atoms with E-state index >= 15 is 0 Å². The van der Waals surface area contributed by atoms with Crippen LogP contribution < -0.4 is 19.6 Å². The highest BCUT2D eigenvalue weighted by Gasteiger charge is 2.34. The highest BCUT2D eigenvalue weighted by atomic mass is 35.5. The molecule has 5 rings (SSSR count). The van der Waals surface area contributed by atoms with E-state index in [-0.39, 0.29) is 12.2 Å². The zero-order valence-electron chi connectivity index (χ0n) is 22.1. The SMILES string of the molecule is CCCC1=C(C(=O)OCC)C(c2cccc(OC)c2)n2c(s/c(=C\c3ccc(-c4ccc(Cl)c(Cl)c4)o3)c2=O)=N1. The molecule has 0 amide bonds. The van der Waals surface area contributed by atoms with Crippen molar-refractivity contribution in [1.82, 2.24) is 4.57 Å². The lowest BCUT2D eigenvalue weighted by molar-refractivity contribution is -0.139. The molecule has 0 radical (unpaired) electrons. The second kappa shape index (κ2) is 11.9. The Morgan fingerprint density at radius 2 is 1.95 bits per heavy atom. The van der Waals surface area contributed by atoms with E-state index in [4.69, 9.17) is 42.1 Å². The zero-order chi connectivity index (χ0) is 28.4. The van der Waals surface area contributed by atoms with E-state index in [1.807, 2.05) is 37.3 Å². The second-order valence-corrected chi connectivity index (χ2v) is 10.8. The topological polar surface area (TPSA) is 83.0 Å². The van der Waals surface area contributed by atoms with Gasteiger partial charge in [-0.05, 0) is 61.4 Å². The van der Waals surface area contributed by atoms with Gasteiger partial charge in [-0.3, -0.25) is 9.36 Å². The van der Waals surface area contributed by atoms with Crippen LogP contribution in [0.1, 0.15) is 44.1 Å². The van der Waals surface area contributed by atoms with Crippen molar-refractivity contribution in [3.63, 3.8) is 0 Å². The van der Waals surface area contributed by atoms with Crippen molar-refractivity contribution in [2.24, 2.45) is 4.99 Å². The van der Waals surface area contributed by atoms with Gasteiger partial charge < -0.3 is 13.9 Å². The van der Waals surface area contributed by atoms with E-state index < -0.39 is 12.0 Å². The zero-order valence-corrected chi connectivity index (χ0v) is 24.4. The summed E-state index contributed by atoms with van der Waals surface area (Å²) in [5, 5.41) is 0.872. The summed E-state index contributed by atoms with van der Waals surface area (Å²) in [7, 11) is 1.57. The minimum Gasteiger partial charge on any atom is -0.497 e. The number of allylic oxidation sites excluding steroid dienone is 1. The predicted molar refractivity (Wildman–Crippen MR) is 157 cm³/mol. The summed E-state index contributed by atoms with van der Waals surface area (Å²) < 4.78 is 18.9. The molecule has 2 aromatic heterocycles. The van der Waals surface area contributed by atoms with Gasteiger partial charge >= 0.3 is 5.97 Å². The third kappa shape index (κ3) is 5.39. The molecule has 0 saturated carbocycles. The number of carbonyl (C=O) groups excluding carboxylic acids is 1. The number of hydrogen-bond donors (Lipinski definition) is 0. The van der Waals surface area contributed by atoms with Crippen LogP contribution in [-0.4, -0.2) is 24.3 Å². The van der Waals surface area contributed by atoms with Crippen LogP contribution in [0.15, 0.2) is 80.1 Å². The number of methoxy groups -OCH3 is 1. The van der Waals surface area contributed by atoms with Crippen molar-refractivity contribution >= 4 is 46.6 Å². The van der Waals surface area contributed by atoms with Gasteiger partial charge in [-0.25, -0.2) is 9.79 Å². The summed E-state index contributed by atoms with van der Waals surface area (Å²) in [6.45, 7) is 3.98. The van der Waals surface area contributed by atoms with Crippen molar-refractivity contribution in [3.05, 3.63) is 107 Å². The fourth-order valence-electron chi connectivity index (χ4n) is 4.61. The number of halogens is 2. The fourth-order valence-corrected chi connectivity index (χ4v) is 5.91. The first-order valence-electron chi connectivity index (χ1n) is 12.8. The molecule has 3 heterocycles. The maximum absolute atomic E-state index is 13.9. The van der Waals surface area contributed by atoms with Gasteiger partial charge in [-0.2, -0.15) is 0 Å². The van der Waals surface area contributed by atoms with E-state index in [0.717, 1.165) is 17.5 Å². The average molecular weight is 598 g/mol. The number of hydrogen-bond acceptors (Lipinski definition) is 7. The lowest BCUT2D eigenvalue weighted by Gasteiger charge is -2.26. The van der Waals surface area contributed by atoms with Crippen LogP contribution in [0, 0.1) is 0 Å². The van der Waals surface area contributed by atoms with Crippen molar-refractivity contribution in [1.29, 1.82) is 0 Å². The Bertz CT molecular complexity index is 1800. The smallest absolute Gasteiger partial charge is 0.338 e. The van der Waals surface area contributed by atoms with Gasteiger partial charge in [0.1, 0.15) is 17.3 Å². The van der Waals surface area contributed by atoms with Crippen molar-refractivity contribution in [2.75, 3.05) is 13.7 Å². The number of fused-ring (bicyclic) bond motifs is 1. The van der Waals surface area contributed by atoms with Gasteiger partial charge in [-0.1, -0.05) is 60.0 Å². The Labute approximate surface area is 244 Å². The molecule has 2 aromatic carbocycles. The van der Waals surface area contributed by atoms with Crippen molar-refractivity contribution in [2.45, 2.75) is 32.7 Å². The van der Waals surface area contributed by atoms with Gasteiger partial charge in [0, 0.05) is 11.6 Å². The lowest BCUT2D eigenvalue weighted by Crippen LogP contribution is -2.40. The molecule has 1 unspecified atom stereocenters. The molecule has 40 heavy (non-hydrogen) atoms. The summed E-state index contributed by atoms with van der Waals surface area (Å²) in [6, 6.07) is 15.4. The van der Waals surface area contributed by atoms with Gasteiger partial charge in [0.05, 0.1) is 45.6 Å². The summed E-state index contributed by atoms with van der Waals surface area (Å²) in [4.78, 5) is 32.5. The van der Waals surface area contributed by atoms with Gasteiger partial charge in [0.25, 0.3) is 5.56 Å². The summed E-state index contributed by atoms with van der Waals surface area (Å²) in [6.07, 6.45) is 3.01. The first kappa shape index (κ1) is 28.0. The number of esters is 1. The highest BCUT2D eigenvalue weighted by molar-refractivity contribution is 7.07. The molecule has 1 atom stereocenters. The molecule has 0 spiro atoms. The van der Waals surface area contributed by atoms with Crippen LogP contribution >= 0.6 is 34.5 Å². The molecule has 206 valence electrons. The maximum Gasteiger partial charge on any atom is 0.338 e. The van der Waals surface area contributed by atoms with Crippen LogP contribution in [0.2, 0.25) is 10.0 Å². The molecule has 10 heteroatoms. The van der Waals surface area contributed by atoms with Gasteiger partial charge in [0.15, 0.2) is 4.80 Å². The molecule has 4 aromatic rings. The standard InChI is InChI=1S/C30H26Cl2N2O5S/c1-4-7-23-26(29(36)38-5-2)27(18-8-6-9-19(14-18)37-3)34-28(35)25(40-30(34)33-23)16-20-11-13-24(39-20)17-10-12-21(31)22(32)15-17/h6,8-16,27H,4-5,7H2,1-3H3/b25-16-. The molecule has 0 N–H and O–H groups in total. The van der Waals surface area contributed by atoms with Crippen molar-refractivity contribution < 1.29 is 18.7 Å². The van der Waals surface area contributed by atoms with Crippen LogP contribution in [0.25, 0.3) is 17.4 Å². The summed E-state index contributed by atoms with van der Waals surface area (Å²) >= 11 is 13.5. The Morgan fingerprint density at radius 3 is 2.67 bits per heavy atom. The Hall–Kier alpha value is -3.59. The minimum atomic E-state index is -0.725. The normalized spacial score (nSPS) is 15.1. The number of aromatic nitrogens is 1. The molecule has 0 fully saturated rings. The number of nitrogens with zero attached hydrogens (tertiary/aromatic N) is 2. The molecule has 0 saturated heterocycles. The number of carbonyl (C=O) groups is 1. The molecule has 1 aliphatic heterocycles. The maximum atomic E-state index is 13.9. The third-order valence-corrected chi connectivity index (χ3v) is 8.13. The first-order valence-corrected chi connectivity index (χ1v) is 14.3. The summed E-state index contributed by atoms with van der Waals surface area (Å²) in [5.41, 5.74) is 2.16. The number of furan rings is 1. The highest BCUT2D eigenvalue weighted by Crippen LogP contribution is 2.34. The quantitative estimate of drug-likeness (QED) is 0.228. The minimum absolute atomic E-state index is 0.205. The summed E-state index contributed by atoms with van der Waals surface area (Å²) in [5.74, 6) is 1.20. The predicted octanol–water partition coefficient (Wildman–Crippen LogP) is 6.15. The molecule has 0 aliphatic carbocycles. The Kier molecular flexibility index (Phi) is 8.30. The third-order valence-electron chi connectivity index (χ3n) is 6.41. The molecule has 0 bridgehead atoms. The van der Waals surface area contributed by atoms with E-state index in [2.05, 4.69) is 0 Å². The Balaban J connectivity index is 1.67. The number of thiazole rings is 1.